The predicted molar refractivity (Wildman–Crippen MR) is 99.7 cm³/mol. The Labute approximate surface area is 155 Å². The SMILES string of the molecule is COc1ccc2cc(CNC(=O)NNC(=O)c3ccc(F)cc3)ccc2c1. The zero-order valence-corrected chi connectivity index (χ0v) is 14.6. The van der Waals surface area contributed by atoms with Gasteiger partial charge in [-0.15, -0.1) is 0 Å². The minimum atomic E-state index is -0.555. The minimum absolute atomic E-state index is 0.238. The van der Waals surface area contributed by atoms with Crippen molar-refractivity contribution in [1.82, 2.24) is 16.2 Å². The maximum atomic E-state index is 12.8. The fourth-order valence-electron chi connectivity index (χ4n) is 2.52. The van der Waals surface area contributed by atoms with Gasteiger partial charge < -0.3 is 10.1 Å². The van der Waals surface area contributed by atoms with Crippen molar-refractivity contribution in [2.45, 2.75) is 6.54 Å². The number of halogens is 1. The minimum Gasteiger partial charge on any atom is -0.497 e. The van der Waals surface area contributed by atoms with Crippen molar-refractivity contribution in [2.75, 3.05) is 7.11 Å². The van der Waals surface area contributed by atoms with Crippen molar-refractivity contribution < 1.29 is 18.7 Å². The van der Waals surface area contributed by atoms with Crippen LogP contribution >= 0.6 is 0 Å². The van der Waals surface area contributed by atoms with Crippen molar-refractivity contribution in [2.24, 2.45) is 0 Å². The summed E-state index contributed by atoms with van der Waals surface area (Å²) in [4.78, 5) is 23.7. The van der Waals surface area contributed by atoms with Gasteiger partial charge in [-0.2, -0.15) is 0 Å². The van der Waals surface area contributed by atoms with Crippen LogP contribution < -0.4 is 20.9 Å². The fraction of sp³-hybridized carbons (Fsp3) is 0.100. The summed E-state index contributed by atoms with van der Waals surface area (Å²) >= 11 is 0. The third kappa shape index (κ3) is 4.72. The number of rotatable bonds is 4. The zero-order chi connectivity index (χ0) is 19.2. The molecule has 3 aromatic rings. The lowest BCUT2D eigenvalue weighted by atomic mass is 10.1. The largest absolute Gasteiger partial charge is 0.497 e. The van der Waals surface area contributed by atoms with Gasteiger partial charge in [0.15, 0.2) is 0 Å². The molecule has 6 nitrogen and oxygen atoms in total. The molecule has 0 unspecified atom stereocenters. The molecular weight excluding hydrogens is 349 g/mol. The molecule has 138 valence electrons. The Bertz CT molecular complexity index is 974. The number of hydrazine groups is 1. The first-order valence-electron chi connectivity index (χ1n) is 8.21. The van der Waals surface area contributed by atoms with Gasteiger partial charge in [-0.3, -0.25) is 10.2 Å². The number of carbonyl (C=O) groups is 2. The molecule has 0 aliphatic heterocycles. The lowest BCUT2D eigenvalue weighted by Crippen LogP contribution is -2.46. The fourth-order valence-corrected chi connectivity index (χ4v) is 2.52. The third-order valence-electron chi connectivity index (χ3n) is 3.96. The number of methoxy groups -OCH3 is 1. The maximum Gasteiger partial charge on any atom is 0.333 e. The lowest BCUT2D eigenvalue weighted by molar-refractivity contribution is 0.0936. The number of hydrogen-bond acceptors (Lipinski definition) is 3. The van der Waals surface area contributed by atoms with E-state index in [2.05, 4.69) is 16.2 Å². The molecule has 7 heteroatoms. The van der Waals surface area contributed by atoms with Crippen molar-refractivity contribution in [3.05, 3.63) is 77.6 Å². The summed E-state index contributed by atoms with van der Waals surface area (Å²) in [5.41, 5.74) is 5.67. The van der Waals surface area contributed by atoms with E-state index < -0.39 is 17.8 Å². The van der Waals surface area contributed by atoms with E-state index in [1.165, 1.54) is 24.3 Å². The second-order valence-corrected chi connectivity index (χ2v) is 5.82. The molecule has 0 saturated carbocycles. The number of ether oxygens (including phenoxy) is 1. The van der Waals surface area contributed by atoms with Gasteiger partial charge in [-0.25, -0.2) is 14.6 Å². The summed E-state index contributed by atoms with van der Waals surface area (Å²) in [6, 6.07) is 16.0. The highest BCUT2D eigenvalue weighted by atomic mass is 19.1. The first-order valence-corrected chi connectivity index (χ1v) is 8.21. The van der Waals surface area contributed by atoms with Crippen molar-refractivity contribution in [3.63, 3.8) is 0 Å². The van der Waals surface area contributed by atoms with Gasteiger partial charge in [0.2, 0.25) is 0 Å². The molecule has 0 fully saturated rings. The summed E-state index contributed by atoms with van der Waals surface area (Å²) in [5.74, 6) is -0.194. The molecule has 0 radical (unpaired) electrons. The summed E-state index contributed by atoms with van der Waals surface area (Å²) in [7, 11) is 1.62. The second-order valence-electron chi connectivity index (χ2n) is 5.82. The maximum absolute atomic E-state index is 12.8. The van der Waals surface area contributed by atoms with Gasteiger partial charge in [0.05, 0.1) is 7.11 Å². The summed E-state index contributed by atoms with van der Waals surface area (Å²) in [5, 5.41) is 4.72. The van der Waals surface area contributed by atoms with Crippen LogP contribution in [0.15, 0.2) is 60.7 Å². The molecule has 3 aromatic carbocycles. The monoisotopic (exact) mass is 367 g/mol. The molecule has 0 aromatic heterocycles. The number of amides is 3. The topological polar surface area (TPSA) is 79.5 Å². The average molecular weight is 367 g/mol. The number of hydrogen-bond donors (Lipinski definition) is 3. The van der Waals surface area contributed by atoms with Crippen LogP contribution in [0.4, 0.5) is 9.18 Å². The first-order chi connectivity index (χ1) is 13.0. The Hall–Kier alpha value is -3.61. The van der Waals surface area contributed by atoms with Crippen molar-refractivity contribution >= 4 is 22.7 Å². The van der Waals surface area contributed by atoms with E-state index in [-0.39, 0.29) is 5.56 Å². The third-order valence-corrected chi connectivity index (χ3v) is 3.96. The van der Waals surface area contributed by atoms with E-state index in [1.807, 2.05) is 36.4 Å². The normalized spacial score (nSPS) is 10.3. The number of carbonyl (C=O) groups excluding carboxylic acids is 2. The first kappa shape index (κ1) is 18.2. The number of fused-ring (bicyclic) bond motifs is 1. The summed E-state index contributed by atoms with van der Waals surface area (Å²) in [6.07, 6.45) is 0. The predicted octanol–water partition coefficient (Wildman–Crippen LogP) is 3.13. The molecule has 0 aliphatic carbocycles. The van der Waals surface area contributed by atoms with Gasteiger partial charge in [-0.1, -0.05) is 18.2 Å². The molecule has 0 atom stereocenters. The van der Waals surface area contributed by atoms with E-state index in [9.17, 15) is 14.0 Å². The summed E-state index contributed by atoms with van der Waals surface area (Å²) < 4.78 is 18.0. The highest BCUT2D eigenvalue weighted by molar-refractivity contribution is 5.95. The van der Waals surface area contributed by atoms with Gasteiger partial charge in [0, 0.05) is 12.1 Å². The van der Waals surface area contributed by atoms with E-state index in [0.717, 1.165) is 22.1 Å². The van der Waals surface area contributed by atoms with Gasteiger partial charge in [0.25, 0.3) is 5.91 Å². The molecule has 3 N–H and O–H groups in total. The molecule has 0 heterocycles. The highest BCUT2D eigenvalue weighted by Gasteiger charge is 2.07. The Balaban J connectivity index is 1.52. The quantitative estimate of drug-likeness (QED) is 0.620. The Morgan fingerprint density at radius 1 is 0.926 bits per heavy atom. The van der Waals surface area contributed by atoms with E-state index in [4.69, 9.17) is 4.74 Å². The zero-order valence-electron chi connectivity index (χ0n) is 14.6. The standard InChI is InChI=1S/C20H18FN3O3/c1-27-18-9-6-15-10-13(2-3-16(15)11-18)12-22-20(26)24-23-19(25)14-4-7-17(21)8-5-14/h2-11H,12H2,1H3,(H,23,25)(H2,22,24,26). The van der Waals surface area contributed by atoms with Gasteiger partial charge in [0.1, 0.15) is 11.6 Å². The second kappa shape index (κ2) is 8.18. The van der Waals surface area contributed by atoms with Crippen LogP contribution in [0.5, 0.6) is 5.75 Å². The van der Waals surface area contributed by atoms with Crippen LogP contribution in [-0.4, -0.2) is 19.0 Å². The van der Waals surface area contributed by atoms with E-state index in [1.54, 1.807) is 7.11 Å². The molecule has 0 saturated heterocycles. The molecule has 0 bridgehead atoms. The summed E-state index contributed by atoms with van der Waals surface area (Å²) in [6.45, 7) is 0.292. The van der Waals surface area contributed by atoms with Crippen LogP contribution in [0, 0.1) is 5.82 Å². The Kier molecular flexibility index (Phi) is 5.51. The molecule has 3 rings (SSSR count). The van der Waals surface area contributed by atoms with Gasteiger partial charge >= 0.3 is 6.03 Å². The highest BCUT2D eigenvalue weighted by Crippen LogP contribution is 2.21. The van der Waals surface area contributed by atoms with Crippen molar-refractivity contribution in [3.8, 4) is 5.75 Å². The Morgan fingerprint density at radius 3 is 2.37 bits per heavy atom. The Morgan fingerprint density at radius 2 is 1.63 bits per heavy atom. The number of urea groups is 1. The van der Waals surface area contributed by atoms with E-state index >= 15 is 0 Å². The molecule has 27 heavy (non-hydrogen) atoms. The van der Waals surface area contributed by atoms with Crippen LogP contribution in [0.3, 0.4) is 0 Å². The molecule has 0 aliphatic rings. The van der Waals surface area contributed by atoms with Crippen molar-refractivity contribution in [1.29, 1.82) is 0 Å². The van der Waals surface area contributed by atoms with Crippen LogP contribution in [-0.2, 0) is 6.54 Å². The van der Waals surface area contributed by atoms with Crippen LogP contribution in [0.25, 0.3) is 10.8 Å². The molecular formula is C20H18FN3O3. The number of nitrogens with one attached hydrogen (secondary N) is 3. The van der Waals surface area contributed by atoms with Crippen LogP contribution in [0.2, 0.25) is 0 Å². The average Bonchev–Trinajstić information content (AvgIpc) is 2.70. The van der Waals surface area contributed by atoms with Crippen LogP contribution in [0.1, 0.15) is 15.9 Å². The van der Waals surface area contributed by atoms with E-state index in [0.29, 0.717) is 6.54 Å². The molecule has 3 amide bonds. The smallest absolute Gasteiger partial charge is 0.333 e. The lowest BCUT2D eigenvalue weighted by Gasteiger charge is -2.10. The van der Waals surface area contributed by atoms with Gasteiger partial charge in [-0.05, 0) is 58.8 Å². The molecule has 0 spiro atoms. The number of benzene rings is 3.